The van der Waals surface area contributed by atoms with E-state index in [4.69, 9.17) is 26.8 Å². The van der Waals surface area contributed by atoms with Crippen LogP contribution in [0.15, 0.2) is 30.6 Å². The van der Waals surface area contributed by atoms with E-state index in [0.717, 1.165) is 0 Å². The number of amides is 1. The third-order valence-corrected chi connectivity index (χ3v) is 6.62. The number of nitrogens with two attached hydrogens (primary N) is 1. The highest BCUT2D eigenvalue weighted by molar-refractivity contribution is 6.28. The van der Waals surface area contributed by atoms with Crippen molar-refractivity contribution >= 4 is 52.1 Å². The Morgan fingerprint density at radius 3 is 2.48 bits per heavy atom. The van der Waals surface area contributed by atoms with Crippen molar-refractivity contribution in [3.05, 3.63) is 41.4 Å². The molecule has 1 saturated heterocycles. The minimum atomic E-state index is -2.85. The molecule has 1 fully saturated rings. The number of aliphatic hydroxyl groups is 1. The Morgan fingerprint density at radius 1 is 1.23 bits per heavy atom. The van der Waals surface area contributed by atoms with Crippen LogP contribution in [0.4, 0.5) is 15.9 Å². The molecule has 0 bridgehead atoms. The summed E-state index contributed by atoms with van der Waals surface area (Å²) < 4.78 is 26.3. The topological polar surface area (TPSA) is 203 Å². The molecule has 3 atom stereocenters. The van der Waals surface area contributed by atoms with Crippen molar-refractivity contribution in [1.82, 2.24) is 19.5 Å². The van der Waals surface area contributed by atoms with Crippen LogP contribution in [0, 0.1) is 0 Å². The maximum atomic E-state index is 14.2. The molecule has 1 amide bonds. The molecule has 4 rings (SSSR count). The lowest BCUT2D eigenvalue weighted by atomic mass is 9.94. The number of hydrogen-bond acceptors (Lipinski definition) is 10. The van der Waals surface area contributed by atoms with E-state index in [1.807, 2.05) is 0 Å². The van der Waals surface area contributed by atoms with Gasteiger partial charge in [-0.25, -0.2) is 19.0 Å². The minimum absolute atomic E-state index is 0.0147. The molecule has 2 aromatic heterocycles. The van der Waals surface area contributed by atoms with Crippen LogP contribution in [-0.4, -0.2) is 83.9 Å². The van der Waals surface area contributed by atoms with Gasteiger partial charge in [-0.05, 0) is 42.6 Å². The maximum Gasteiger partial charge on any atom is 0.348 e. The molecule has 40 heavy (non-hydrogen) atoms. The fourth-order valence-corrected chi connectivity index (χ4v) is 4.49. The number of aliphatic carboxylic acids is 2. The molecule has 3 heterocycles. The lowest BCUT2D eigenvalue weighted by Gasteiger charge is -2.29. The SMILES string of the molecule is C[C@@H](O[C@H](COC(Cc1ccc(N2CCCC2=O)cc1)(C(=O)O)C(=O)O)C(O)F)n1cnc2c(N)nc(Cl)nc21. The maximum absolute atomic E-state index is 14.2. The molecule has 1 aromatic carbocycles. The van der Waals surface area contributed by atoms with Crippen molar-refractivity contribution in [3.8, 4) is 0 Å². The van der Waals surface area contributed by atoms with Crippen LogP contribution >= 0.6 is 11.6 Å². The summed E-state index contributed by atoms with van der Waals surface area (Å²) in [5.41, 5.74) is 4.12. The molecule has 14 nitrogen and oxygen atoms in total. The van der Waals surface area contributed by atoms with E-state index in [2.05, 4.69) is 15.0 Å². The van der Waals surface area contributed by atoms with Gasteiger partial charge in [0.15, 0.2) is 11.5 Å². The molecule has 0 aliphatic carbocycles. The molecular formula is C24H26ClFN6O8. The van der Waals surface area contributed by atoms with Crippen molar-refractivity contribution in [1.29, 1.82) is 0 Å². The van der Waals surface area contributed by atoms with Gasteiger partial charge in [0.25, 0.3) is 5.60 Å². The van der Waals surface area contributed by atoms with Gasteiger partial charge in [-0.3, -0.25) is 9.36 Å². The van der Waals surface area contributed by atoms with Crippen LogP contribution in [-0.2, 0) is 30.3 Å². The van der Waals surface area contributed by atoms with Crippen molar-refractivity contribution in [3.63, 3.8) is 0 Å². The number of anilines is 2. The summed E-state index contributed by atoms with van der Waals surface area (Å²) in [5, 5.41) is 29.2. The Morgan fingerprint density at radius 2 is 1.90 bits per heavy atom. The number of ether oxygens (including phenoxy) is 2. The number of carboxylic acids is 2. The number of halogens is 2. The fourth-order valence-electron chi connectivity index (χ4n) is 4.32. The van der Waals surface area contributed by atoms with E-state index in [0.29, 0.717) is 25.1 Å². The van der Waals surface area contributed by atoms with Gasteiger partial charge in [-0.15, -0.1) is 0 Å². The lowest BCUT2D eigenvalue weighted by Crippen LogP contribution is -2.53. The molecule has 1 aliphatic heterocycles. The summed E-state index contributed by atoms with van der Waals surface area (Å²) in [7, 11) is 0. The van der Waals surface area contributed by atoms with Gasteiger partial charge in [-0.2, -0.15) is 9.97 Å². The zero-order chi connectivity index (χ0) is 29.2. The molecule has 1 aliphatic rings. The van der Waals surface area contributed by atoms with E-state index < -0.39 is 49.3 Å². The minimum Gasteiger partial charge on any atom is -0.479 e. The smallest absolute Gasteiger partial charge is 0.348 e. The van der Waals surface area contributed by atoms with E-state index in [-0.39, 0.29) is 33.7 Å². The van der Waals surface area contributed by atoms with Gasteiger partial charge < -0.3 is 35.4 Å². The second-order valence-electron chi connectivity index (χ2n) is 9.09. The molecule has 0 spiro atoms. The van der Waals surface area contributed by atoms with Gasteiger partial charge in [0.1, 0.15) is 17.8 Å². The summed E-state index contributed by atoms with van der Waals surface area (Å²) in [4.78, 5) is 49.8. The molecule has 16 heteroatoms. The average molecular weight is 581 g/mol. The largest absolute Gasteiger partial charge is 0.479 e. The Hall–Kier alpha value is -3.92. The highest BCUT2D eigenvalue weighted by Gasteiger charge is 2.49. The van der Waals surface area contributed by atoms with E-state index in [9.17, 15) is 34.1 Å². The first-order valence-electron chi connectivity index (χ1n) is 12.1. The van der Waals surface area contributed by atoms with Crippen LogP contribution in [0.5, 0.6) is 0 Å². The third-order valence-electron chi connectivity index (χ3n) is 6.45. The van der Waals surface area contributed by atoms with Gasteiger partial charge in [0.05, 0.1) is 12.9 Å². The number of carboxylic acid groups (broad SMARTS) is 2. The Kier molecular flexibility index (Phi) is 8.48. The van der Waals surface area contributed by atoms with Gasteiger partial charge in [0.2, 0.25) is 17.5 Å². The highest BCUT2D eigenvalue weighted by Crippen LogP contribution is 2.27. The molecule has 5 N–H and O–H groups in total. The zero-order valence-corrected chi connectivity index (χ0v) is 21.9. The van der Waals surface area contributed by atoms with Crippen molar-refractivity contribution in [2.24, 2.45) is 0 Å². The number of carbonyl (C=O) groups excluding carboxylic acids is 1. The standard InChI is InChI=1S/C24H26ClFN6O8/c1-12(32-11-28-17-19(27)29-23(25)30-20(17)32)40-15(18(26)34)10-39-24(21(35)36,22(37)38)9-13-4-6-14(7-5-13)31-8-2-3-16(31)33/h4-7,11-12,15,18,34H,2-3,8-10H2,1H3,(H,35,36)(H,37,38)(H2,27,29,30)/t12-,15-,18?/m1/s1. The monoisotopic (exact) mass is 580 g/mol. The van der Waals surface area contributed by atoms with Crippen LogP contribution in [0.1, 0.15) is 31.6 Å². The second-order valence-corrected chi connectivity index (χ2v) is 9.43. The zero-order valence-electron chi connectivity index (χ0n) is 21.1. The van der Waals surface area contributed by atoms with E-state index in [1.54, 1.807) is 17.0 Å². The number of benzene rings is 1. The van der Waals surface area contributed by atoms with E-state index >= 15 is 0 Å². The fraction of sp³-hybridized carbons (Fsp3) is 0.417. The average Bonchev–Trinajstić information content (AvgIpc) is 3.51. The highest BCUT2D eigenvalue weighted by atomic mass is 35.5. The Balaban J connectivity index is 1.52. The predicted octanol–water partition coefficient (Wildman–Crippen LogP) is 1.55. The van der Waals surface area contributed by atoms with Crippen molar-refractivity contribution in [2.45, 2.75) is 50.5 Å². The van der Waals surface area contributed by atoms with E-state index in [1.165, 1.54) is 30.0 Å². The number of hydrogen-bond donors (Lipinski definition) is 4. The van der Waals surface area contributed by atoms with Crippen molar-refractivity contribution in [2.75, 3.05) is 23.8 Å². The van der Waals surface area contributed by atoms with Crippen molar-refractivity contribution < 1.29 is 43.6 Å². The molecule has 3 aromatic rings. The van der Waals surface area contributed by atoms with Crippen LogP contribution < -0.4 is 10.6 Å². The second kappa shape index (κ2) is 11.7. The molecule has 214 valence electrons. The number of fused-ring (bicyclic) bond motifs is 1. The lowest BCUT2D eigenvalue weighted by molar-refractivity contribution is -0.204. The van der Waals surface area contributed by atoms with Crippen LogP contribution in [0.25, 0.3) is 11.2 Å². The Labute approximate surface area is 231 Å². The number of aliphatic hydroxyl groups excluding tert-OH is 1. The predicted molar refractivity (Wildman–Crippen MR) is 137 cm³/mol. The summed E-state index contributed by atoms with van der Waals surface area (Å²) >= 11 is 5.85. The molecule has 0 radical (unpaired) electrons. The molecule has 0 saturated carbocycles. The van der Waals surface area contributed by atoms with Gasteiger partial charge >= 0.3 is 11.9 Å². The normalized spacial score (nSPS) is 16.3. The molecular weight excluding hydrogens is 555 g/mol. The number of aromatic nitrogens is 4. The third kappa shape index (κ3) is 5.82. The quantitative estimate of drug-likeness (QED) is 0.178. The van der Waals surface area contributed by atoms with Gasteiger partial charge in [0, 0.05) is 25.1 Å². The number of nitrogens with zero attached hydrogens (tertiary/aromatic N) is 5. The van der Waals surface area contributed by atoms with Gasteiger partial charge in [-0.1, -0.05) is 12.1 Å². The van der Waals surface area contributed by atoms with Crippen LogP contribution in [0.3, 0.4) is 0 Å². The summed E-state index contributed by atoms with van der Waals surface area (Å²) in [6.07, 6.45) is -3.81. The van der Waals surface area contributed by atoms with Crippen LogP contribution in [0.2, 0.25) is 5.28 Å². The first-order chi connectivity index (χ1) is 18.9. The number of carbonyl (C=O) groups is 3. The Bertz CT molecular complexity index is 1400. The summed E-state index contributed by atoms with van der Waals surface area (Å²) in [5.74, 6) is -3.75. The summed E-state index contributed by atoms with van der Waals surface area (Å²) in [6.45, 7) is 1.03. The number of rotatable bonds is 12. The first kappa shape index (κ1) is 29.1. The number of nitrogen functional groups attached to an aromatic ring is 1. The first-order valence-corrected chi connectivity index (χ1v) is 12.4. The number of imidazole rings is 1. The molecule has 1 unspecified atom stereocenters. The summed E-state index contributed by atoms with van der Waals surface area (Å²) in [6, 6.07) is 6.11. The number of alkyl halides is 1.